The molecule has 0 saturated carbocycles. The number of H-pyrrole nitrogens is 1. The van der Waals surface area contributed by atoms with Crippen LogP contribution in [-0.4, -0.2) is 26.0 Å². The summed E-state index contributed by atoms with van der Waals surface area (Å²) in [4.78, 5) is 23.3. The first-order chi connectivity index (χ1) is 8.91. The molecule has 1 aromatic heterocycles. The quantitative estimate of drug-likeness (QED) is 0.784. The zero-order valence-corrected chi connectivity index (χ0v) is 10.5. The summed E-state index contributed by atoms with van der Waals surface area (Å²) in [7, 11) is 0. The summed E-state index contributed by atoms with van der Waals surface area (Å²) in [5.74, 6) is -1.29. The van der Waals surface area contributed by atoms with E-state index >= 15 is 0 Å². The molecule has 0 aliphatic heterocycles. The average molecular weight is 262 g/mol. The number of hydrogen-bond acceptors (Lipinski definition) is 3. The molecule has 2 aromatic rings. The van der Waals surface area contributed by atoms with Crippen LogP contribution in [0.15, 0.2) is 29.1 Å². The van der Waals surface area contributed by atoms with Gasteiger partial charge in [0.15, 0.2) is 0 Å². The second-order valence-corrected chi connectivity index (χ2v) is 4.52. The van der Waals surface area contributed by atoms with Gasteiger partial charge in [0.2, 0.25) is 0 Å². The molecular formula is C13H14N2O4. The van der Waals surface area contributed by atoms with Crippen LogP contribution < -0.4 is 5.56 Å². The van der Waals surface area contributed by atoms with Gasteiger partial charge in [0, 0.05) is 0 Å². The number of aromatic amines is 1. The summed E-state index contributed by atoms with van der Waals surface area (Å²) in [5, 5.41) is 21.2. The molecule has 0 spiro atoms. The monoisotopic (exact) mass is 262 g/mol. The number of hydrogen-bond donors (Lipinski definition) is 3. The smallest absolute Gasteiger partial charge is 0.343 e. The molecule has 100 valence electrons. The van der Waals surface area contributed by atoms with E-state index in [-0.39, 0.29) is 17.2 Å². The van der Waals surface area contributed by atoms with Crippen molar-refractivity contribution in [2.24, 2.45) is 0 Å². The SMILES string of the molecule is CC(C)c1[nH]n(-c2ccc(O)cc2)c(=O)c1C(=O)O. The van der Waals surface area contributed by atoms with Crippen LogP contribution in [0.25, 0.3) is 5.69 Å². The second kappa shape index (κ2) is 4.64. The maximum Gasteiger partial charge on any atom is 0.343 e. The zero-order chi connectivity index (χ0) is 14.2. The number of aromatic carboxylic acids is 1. The van der Waals surface area contributed by atoms with Crippen molar-refractivity contribution in [1.82, 2.24) is 9.78 Å². The molecule has 19 heavy (non-hydrogen) atoms. The molecule has 0 fully saturated rings. The first-order valence-corrected chi connectivity index (χ1v) is 5.79. The van der Waals surface area contributed by atoms with Crippen molar-refractivity contribution in [3.63, 3.8) is 0 Å². The highest BCUT2D eigenvalue weighted by molar-refractivity contribution is 5.88. The van der Waals surface area contributed by atoms with Crippen molar-refractivity contribution in [2.75, 3.05) is 0 Å². The van der Waals surface area contributed by atoms with Gasteiger partial charge in [-0.15, -0.1) is 0 Å². The largest absolute Gasteiger partial charge is 0.508 e. The normalized spacial score (nSPS) is 10.9. The van der Waals surface area contributed by atoms with Gasteiger partial charge in [0.05, 0.1) is 11.4 Å². The van der Waals surface area contributed by atoms with Crippen LogP contribution in [-0.2, 0) is 0 Å². The Hall–Kier alpha value is -2.50. The molecule has 6 nitrogen and oxygen atoms in total. The minimum atomic E-state index is -1.25. The molecule has 0 radical (unpaired) electrons. The van der Waals surface area contributed by atoms with Crippen LogP contribution in [0.5, 0.6) is 5.75 Å². The van der Waals surface area contributed by atoms with E-state index in [1.54, 1.807) is 13.8 Å². The summed E-state index contributed by atoms with van der Waals surface area (Å²) in [6, 6.07) is 5.92. The number of carboxylic acids is 1. The number of aromatic nitrogens is 2. The van der Waals surface area contributed by atoms with Crippen LogP contribution in [0.2, 0.25) is 0 Å². The summed E-state index contributed by atoms with van der Waals surface area (Å²) in [6.45, 7) is 3.61. The van der Waals surface area contributed by atoms with Crippen molar-refractivity contribution in [3.8, 4) is 11.4 Å². The van der Waals surface area contributed by atoms with Crippen LogP contribution in [0, 0.1) is 0 Å². The number of nitrogens with zero attached hydrogens (tertiary/aromatic N) is 1. The maximum absolute atomic E-state index is 12.1. The van der Waals surface area contributed by atoms with E-state index in [9.17, 15) is 14.7 Å². The number of carboxylic acid groups (broad SMARTS) is 1. The Morgan fingerprint density at radius 2 is 1.84 bits per heavy atom. The third-order valence-electron chi connectivity index (χ3n) is 2.82. The van der Waals surface area contributed by atoms with Crippen molar-refractivity contribution in [2.45, 2.75) is 19.8 Å². The molecule has 0 unspecified atom stereocenters. The van der Waals surface area contributed by atoms with Crippen molar-refractivity contribution >= 4 is 5.97 Å². The molecule has 1 heterocycles. The van der Waals surface area contributed by atoms with E-state index in [2.05, 4.69) is 5.10 Å². The van der Waals surface area contributed by atoms with Crippen LogP contribution >= 0.6 is 0 Å². The van der Waals surface area contributed by atoms with Gasteiger partial charge in [0.25, 0.3) is 5.56 Å². The van der Waals surface area contributed by atoms with Crippen LogP contribution in [0.3, 0.4) is 0 Å². The Bertz CT molecular complexity index is 665. The van der Waals surface area contributed by atoms with Gasteiger partial charge in [-0.25, -0.2) is 9.48 Å². The van der Waals surface area contributed by atoms with Crippen LogP contribution in [0.1, 0.15) is 35.8 Å². The predicted molar refractivity (Wildman–Crippen MR) is 69.1 cm³/mol. The summed E-state index contributed by atoms with van der Waals surface area (Å²) in [6.07, 6.45) is 0. The van der Waals surface area contributed by atoms with E-state index < -0.39 is 11.5 Å². The fourth-order valence-electron chi connectivity index (χ4n) is 1.86. The lowest BCUT2D eigenvalue weighted by molar-refractivity contribution is 0.0694. The molecule has 2 rings (SSSR count). The van der Waals surface area contributed by atoms with E-state index in [1.165, 1.54) is 24.3 Å². The van der Waals surface area contributed by atoms with E-state index in [0.717, 1.165) is 4.68 Å². The standard InChI is InChI=1S/C13H14N2O4/c1-7(2)11-10(13(18)19)12(17)15(14-11)8-3-5-9(16)6-4-8/h3-7,14,16H,1-2H3,(H,18,19). The van der Waals surface area contributed by atoms with Gasteiger partial charge in [-0.05, 0) is 30.2 Å². The fourth-order valence-corrected chi connectivity index (χ4v) is 1.86. The molecule has 1 aromatic carbocycles. The number of carbonyl (C=O) groups is 1. The third-order valence-corrected chi connectivity index (χ3v) is 2.82. The molecule has 0 saturated heterocycles. The van der Waals surface area contributed by atoms with Gasteiger partial charge in [-0.1, -0.05) is 13.8 Å². The molecule has 0 amide bonds. The lowest BCUT2D eigenvalue weighted by Crippen LogP contribution is -2.20. The van der Waals surface area contributed by atoms with Gasteiger partial charge in [0.1, 0.15) is 11.3 Å². The fraction of sp³-hybridized carbons (Fsp3) is 0.231. The molecule has 0 atom stereocenters. The van der Waals surface area contributed by atoms with Gasteiger partial charge in [-0.2, -0.15) is 0 Å². The van der Waals surface area contributed by atoms with Crippen molar-refractivity contribution in [1.29, 1.82) is 0 Å². The summed E-state index contributed by atoms with van der Waals surface area (Å²) in [5.41, 5.74) is -0.00672. The Morgan fingerprint density at radius 1 is 1.26 bits per heavy atom. The minimum Gasteiger partial charge on any atom is -0.508 e. The average Bonchev–Trinajstić information content (AvgIpc) is 2.68. The molecule has 3 N–H and O–H groups in total. The van der Waals surface area contributed by atoms with E-state index in [4.69, 9.17) is 5.11 Å². The Labute approximate surface area is 108 Å². The van der Waals surface area contributed by atoms with Gasteiger partial charge < -0.3 is 10.2 Å². The number of rotatable bonds is 3. The van der Waals surface area contributed by atoms with Gasteiger partial charge >= 0.3 is 5.97 Å². The van der Waals surface area contributed by atoms with Crippen LogP contribution in [0.4, 0.5) is 0 Å². The topological polar surface area (TPSA) is 95.3 Å². The third kappa shape index (κ3) is 2.24. The highest BCUT2D eigenvalue weighted by Crippen LogP contribution is 2.17. The number of aromatic hydroxyl groups is 1. The second-order valence-electron chi connectivity index (χ2n) is 4.52. The lowest BCUT2D eigenvalue weighted by atomic mass is 10.1. The number of benzene rings is 1. The van der Waals surface area contributed by atoms with E-state index in [0.29, 0.717) is 11.4 Å². The summed E-state index contributed by atoms with van der Waals surface area (Å²) >= 11 is 0. The number of phenols is 1. The first-order valence-electron chi connectivity index (χ1n) is 5.79. The zero-order valence-electron chi connectivity index (χ0n) is 10.5. The Balaban J connectivity index is 2.66. The Kier molecular flexibility index (Phi) is 3.16. The molecule has 0 aliphatic rings. The van der Waals surface area contributed by atoms with Crippen molar-refractivity contribution < 1.29 is 15.0 Å². The molecule has 0 bridgehead atoms. The molecule has 6 heteroatoms. The predicted octanol–water partition coefficient (Wildman–Crippen LogP) is 1.69. The van der Waals surface area contributed by atoms with E-state index in [1.807, 2.05) is 0 Å². The van der Waals surface area contributed by atoms with Crippen molar-refractivity contribution in [3.05, 3.63) is 45.9 Å². The number of nitrogens with one attached hydrogen (secondary N) is 1. The highest BCUT2D eigenvalue weighted by Gasteiger charge is 2.22. The summed E-state index contributed by atoms with van der Waals surface area (Å²) < 4.78 is 1.16. The Morgan fingerprint density at radius 3 is 2.26 bits per heavy atom. The maximum atomic E-state index is 12.1. The number of phenolic OH excluding ortho intramolecular Hbond substituents is 1. The lowest BCUT2D eigenvalue weighted by Gasteiger charge is -2.03. The van der Waals surface area contributed by atoms with Gasteiger partial charge in [-0.3, -0.25) is 9.89 Å². The highest BCUT2D eigenvalue weighted by atomic mass is 16.4. The minimum absolute atomic E-state index is 0.0749. The molecule has 0 aliphatic carbocycles. The molecular weight excluding hydrogens is 248 g/mol. The first kappa shape index (κ1) is 12.9.